The van der Waals surface area contributed by atoms with Crippen LogP contribution in [0.15, 0.2) is 59.0 Å². The Hall–Kier alpha value is -2.48. The fourth-order valence-electron chi connectivity index (χ4n) is 2.18. The summed E-state index contributed by atoms with van der Waals surface area (Å²) >= 11 is 13.2. The molecule has 0 radical (unpaired) electrons. The van der Waals surface area contributed by atoms with Gasteiger partial charge in [-0.3, -0.25) is 9.59 Å². The maximum Gasteiger partial charge on any atom is 0.331 e. The molecule has 0 aliphatic heterocycles. The molecule has 2 aromatic rings. The van der Waals surface area contributed by atoms with E-state index in [4.69, 9.17) is 28.3 Å². The summed E-state index contributed by atoms with van der Waals surface area (Å²) < 4.78 is 0. The van der Waals surface area contributed by atoms with Crippen molar-refractivity contribution in [1.82, 2.24) is 0 Å². The van der Waals surface area contributed by atoms with Gasteiger partial charge in [0.15, 0.2) is 0 Å². The van der Waals surface area contributed by atoms with Gasteiger partial charge in [0.2, 0.25) is 11.8 Å². The molecule has 0 aliphatic carbocycles. The lowest BCUT2D eigenvalue weighted by Crippen LogP contribution is -2.22. The van der Waals surface area contributed by atoms with Crippen molar-refractivity contribution in [2.24, 2.45) is 0 Å². The number of amides is 2. The second-order valence-corrected chi connectivity index (χ2v) is 8.34. The maximum absolute atomic E-state index is 12.4. The smallest absolute Gasteiger partial charge is 0.331 e. The Balaban J connectivity index is 1.94. The Kier molecular flexibility index (Phi) is 8.13. The second-order valence-electron chi connectivity index (χ2n) is 6.05. The van der Waals surface area contributed by atoms with Crippen molar-refractivity contribution < 1.29 is 19.5 Å². The van der Waals surface area contributed by atoms with E-state index in [2.05, 4.69) is 10.6 Å². The minimum Gasteiger partial charge on any atom is -0.478 e. The van der Waals surface area contributed by atoms with E-state index in [1.165, 1.54) is 18.7 Å². The van der Waals surface area contributed by atoms with Gasteiger partial charge in [-0.2, -0.15) is 0 Å². The van der Waals surface area contributed by atoms with E-state index in [0.29, 0.717) is 21.4 Å². The minimum atomic E-state index is -1.15. The van der Waals surface area contributed by atoms with Gasteiger partial charge in [0, 0.05) is 38.0 Å². The number of hydrogen-bond acceptors (Lipinski definition) is 4. The highest BCUT2D eigenvalue weighted by Crippen LogP contribution is 2.27. The van der Waals surface area contributed by atoms with Crippen LogP contribution in [0.2, 0.25) is 10.0 Å². The van der Waals surface area contributed by atoms with Crippen molar-refractivity contribution in [1.29, 1.82) is 0 Å². The van der Waals surface area contributed by atoms with Gasteiger partial charge in [0.05, 0.1) is 5.25 Å². The monoisotopic (exact) mass is 452 g/mol. The van der Waals surface area contributed by atoms with E-state index in [1.54, 1.807) is 49.4 Å². The molecular weight excluding hydrogens is 435 g/mol. The Bertz CT molecular complexity index is 941. The summed E-state index contributed by atoms with van der Waals surface area (Å²) in [5.41, 5.74) is 0.970. The Morgan fingerprint density at radius 3 is 2.14 bits per heavy atom. The van der Waals surface area contributed by atoms with Crippen molar-refractivity contribution in [3.8, 4) is 0 Å². The first kappa shape index (κ1) is 22.8. The van der Waals surface area contributed by atoms with Gasteiger partial charge in [-0.05, 0) is 56.3 Å². The molecule has 0 fully saturated rings. The van der Waals surface area contributed by atoms with E-state index in [9.17, 15) is 14.4 Å². The molecule has 0 heterocycles. The first-order valence-electron chi connectivity index (χ1n) is 8.40. The molecular formula is C20H18Cl2N2O4S. The lowest BCUT2D eigenvalue weighted by atomic mass is 10.2. The van der Waals surface area contributed by atoms with E-state index in [1.807, 2.05) is 0 Å². The van der Waals surface area contributed by atoms with Crippen LogP contribution in [0.5, 0.6) is 0 Å². The van der Waals surface area contributed by atoms with Crippen molar-refractivity contribution in [3.05, 3.63) is 64.2 Å². The van der Waals surface area contributed by atoms with Crippen LogP contribution in [0.3, 0.4) is 0 Å². The SMILES string of the molecule is C/C(=C/C(=O)Nc1ccc(S[C@H](C)C(=O)Nc2cc(Cl)cc(Cl)c2)cc1)C(=O)O. The van der Waals surface area contributed by atoms with Gasteiger partial charge in [-0.25, -0.2) is 4.79 Å². The van der Waals surface area contributed by atoms with E-state index < -0.39 is 17.1 Å². The summed E-state index contributed by atoms with van der Waals surface area (Å²) in [4.78, 5) is 35.7. The highest BCUT2D eigenvalue weighted by molar-refractivity contribution is 8.00. The van der Waals surface area contributed by atoms with E-state index >= 15 is 0 Å². The zero-order chi connectivity index (χ0) is 21.6. The maximum atomic E-state index is 12.4. The van der Waals surface area contributed by atoms with Crippen LogP contribution in [0.1, 0.15) is 13.8 Å². The van der Waals surface area contributed by atoms with Crippen LogP contribution < -0.4 is 10.6 Å². The van der Waals surface area contributed by atoms with Gasteiger partial charge in [-0.15, -0.1) is 11.8 Å². The second kappa shape index (κ2) is 10.3. The highest BCUT2D eigenvalue weighted by atomic mass is 35.5. The Labute approximate surface area is 182 Å². The fourth-order valence-corrected chi connectivity index (χ4v) is 3.57. The molecule has 29 heavy (non-hydrogen) atoms. The summed E-state index contributed by atoms with van der Waals surface area (Å²) in [7, 11) is 0. The molecule has 0 saturated carbocycles. The van der Waals surface area contributed by atoms with Crippen LogP contribution in [0.4, 0.5) is 11.4 Å². The molecule has 0 aromatic heterocycles. The number of carboxylic acids is 1. The molecule has 2 aromatic carbocycles. The standard InChI is InChI=1S/C20H18Cl2N2O4S/c1-11(20(27)28)7-18(25)23-15-3-5-17(6-4-15)29-12(2)19(26)24-16-9-13(21)8-14(22)10-16/h3-10,12H,1-2H3,(H,23,25)(H,24,26)(H,27,28)/b11-7-/t12-/m1/s1. The number of aliphatic carboxylic acids is 1. The average Bonchev–Trinajstić information content (AvgIpc) is 2.62. The molecule has 2 rings (SSSR count). The third kappa shape index (κ3) is 7.45. The number of carboxylic acid groups (broad SMARTS) is 1. The van der Waals surface area contributed by atoms with Gasteiger partial charge in [0.1, 0.15) is 0 Å². The molecule has 0 unspecified atom stereocenters. The highest BCUT2D eigenvalue weighted by Gasteiger charge is 2.15. The van der Waals surface area contributed by atoms with Crippen LogP contribution >= 0.6 is 35.0 Å². The van der Waals surface area contributed by atoms with Crippen molar-refractivity contribution in [3.63, 3.8) is 0 Å². The van der Waals surface area contributed by atoms with Gasteiger partial charge >= 0.3 is 5.97 Å². The topological polar surface area (TPSA) is 95.5 Å². The molecule has 2 amide bonds. The quantitative estimate of drug-likeness (QED) is 0.401. The van der Waals surface area contributed by atoms with Crippen LogP contribution in [0.25, 0.3) is 0 Å². The largest absolute Gasteiger partial charge is 0.478 e. The number of carbonyl (C=O) groups is 3. The molecule has 6 nitrogen and oxygen atoms in total. The zero-order valence-corrected chi connectivity index (χ0v) is 17.9. The first-order chi connectivity index (χ1) is 13.6. The summed E-state index contributed by atoms with van der Waals surface area (Å²) in [6.07, 6.45) is 1.01. The number of benzene rings is 2. The third-order valence-corrected chi connectivity index (χ3v) is 5.17. The summed E-state index contributed by atoms with van der Waals surface area (Å²) in [6, 6.07) is 11.7. The molecule has 9 heteroatoms. The van der Waals surface area contributed by atoms with Gasteiger partial charge in [0.25, 0.3) is 0 Å². The molecule has 0 bridgehead atoms. The van der Waals surface area contributed by atoms with Gasteiger partial charge < -0.3 is 15.7 Å². The number of nitrogens with one attached hydrogen (secondary N) is 2. The van der Waals surface area contributed by atoms with Crippen LogP contribution in [0, 0.1) is 0 Å². The first-order valence-corrected chi connectivity index (χ1v) is 10.0. The van der Waals surface area contributed by atoms with E-state index in [-0.39, 0.29) is 11.5 Å². The van der Waals surface area contributed by atoms with Crippen molar-refractivity contribution >= 4 is 64.1 Å². The van der Waals surface area contributed by atoms with E-state index in [0.717, 1.165) is 11.0 Å². The zero-order valence-electron chi connectivity index (χ0n) is 15.5. The number of thioether (sulfide) groups is 1. The Morgan fingerprint density at radius 2 is 1.59 bits per heavy atom. The third-order valence-electron chi connectivity index (χ3n) is 3.62. The normalized spacial score (nSPS) is 12.2. The fraction of sp³-hybridized carbons (Fsp3) is 0.150. The summed E-state index contributed by atoms with van der Waals surface area (Å²) in [5, 5.41) is 14.6. The number of carbonyl (C=O) groups excluding carboxylic acids is 2. The summed E-state index contributed by atoms with van der Waals surface area (Å²) in [6.45, 7) is 3.10. The number of anilines is 2. The summed E-state index contributed by atoms with van der Waals surface area (Å²) in [5.74, 6) is -1.89. The predicted molar refractivity (Wildman–Crippen MR) is 117 cm³/mol. The lowest BCUT2D eigenvalue weighted by molar-refractivity contribution is -0.132. The Morgan fingerprint density at radius 1 is 1.00 bits per heavy atom. The average molecular weight is 453 g/mol. The number of rotatable bonds is 7. The van der Waals surface area contributed by atoms with Crippen LogP contribution in [-0.2, 0) is 14.4 Å². The predicted octanol–water partition coefficient (Wildman–Crippen LogP) is 5.08. The molecule has 0 saturated heterocycles. The minimum absolute atomic E-state index is 0.0597. The number of halogens is 2. The lowest BCUT2D eigenvalue weighted by Gasteiger charge is -2.13. The molecule has 152 valence electrons. The molecule has 0 spiro atoms. The molecule has 3 N–H and O–H groups in total. The van der Waals surface area contributed by atoms with Crippen molar-refractivity contribution in [2.45, 2.75) is 24.0 Å². The molecule has 0 aliphatic rings. The van der Waals surface area contributed by atoms with Gasteiger partial charge in [-0.1, -0.05) is 23.2 Å². The van der Waals surface area contributed by atoms with Crippen molar-refractivity contribution in [2.75, 3.05) is 10.6 Å². The van der Waals surface area contributed by atoms with Crippen LogP contribution in [-0.4, -0.2) is 28.1 Å². The molecule has 1 atom stereocenters. The number of hydrogen-bond donors (Lipinski definition) is 3.